The number of benzene rings is 1. The van der Waals surface area contributed by atoms with E-state index in [9.17, 15) is 0 Å². The number of aromatic nitrogens is 3. The maximum absolute atomic E-state index is 5.89. The molecule has 0 aliphatic carbocycles. The van der Waals surface area contributed by atoms with Gasteiger partial charge in [-0.3, -0.25) is 4.99 Å². The summed E-state index contributed by atoms with van der Waals surface area (Å²) in [5, 5.41) is 11.2. The molecule has 2 N–H and O–H groups in total. The Labute approximate surface area is 157 Å². The van der Waals surface area contributed by atoms with Gasteiger partial charge in [0.05, 0.1) is 0 Å². The summed E-state index contributed by atoms with van der Waals surface area (Å²) in [4.78, 5) is 8.61. The van der Waals surface area contributed by atoms with Crippen molar-refractivity contribution in [1.29, 1.82) is 0 Å². The van der Waals surface area contributed by atoms with Crippen LogP contribution in [0.5, 0.6) is 0 Å². The number of aliphatic imine (C=N–C) groups is 1. The first kappa shape index (κ1) is 18.0. The molecular weight excluding hydrogens is 352 g/mol. The van der Waals surface area contributed by atoms with Gasteiger partial charge < -0.3 is 19.7 Å². The molecule has 3 rings (SSSR count). The third-order valence-corrected chi connectivity index (χ3v) is 4.01. The fraction of sp³-hybridized carbons (Fsp3) is 0.278. The van der Waals surface area contributed by atoms with Gasteiger partial charge in [0.1, 0.15) is 0 Å². The van der Waals surface area contributed by atoms with E-state index in [1.54, 1.807) is 19.2 Å². The molecule has 0 atom stereocenters. The summed E-state index contributed by atoms with van der Waals surface area (Å²) in [6, 6.07) is 11.4. The molecule has 136 valence electrons. The lowest BCUT2D eigenvalue weighted by atomic mass is 10.2. The van der Waals surface area contributed by atoms with E-state index in [4.69, 9.17) is 16.1 Å². The van der Waals surface area contributed by atoms with Gasteiger partial charge in [-0.2, -0.15) is 4.98 Å². The molecule has 0 fully saturated rings. The Kier molecular flexibility index (Phi) is 6.27. The molecule has 2 heterocycles. The van der Waals surface area contributed by atoms with Crippen LogP contribution in [0.25, 0.3) is 11.4 Å². The van der Waals surface area contributed by atoms with Gasteiger partial charge in [-0.1, -0.05) is 16.8 Å². The van der Waals surface area contributed by atoms with E-state index in [1.807, 2.05) is 36.7 Å². The molecular formula is C18H21ClN6O. The second-order valence-electron chi connectivity index (χ2n) is 5.62. The summed E-state index contributed by atoms with van der Waals surface area (Å²) in [7, 11) is 1.75. The quantitative estimate of drug-likeness (QED) is 0.492. The van der Waals surface area contributed by atoms with E-state index in [-0.39, 0.29) is 0 Å². The van der Waals surface area contributed by atoms with Gasteiger partial charge in [0.25, 0.3) is 0 Å². The Balaban J connectivity index is 1.43. The van der Waals surface area contributed by atoms with E-state index in [0.29, 0.717) is 29.7 Å². The normalized spacial score (nSPS) is 11.5. The minimum absolute atomic E-state index is 0.561. The molecule has 0 aliphatic rings. The van der Waals surface area contributed by atoms with Crippen LogP contribution in [0.3, 0.4) is 0 Å². The van der Waals surface area contributed by atoms with Crippen LogP contribution in [0.15, 0.2) is 58.3 Å². The predicted octanol–water partition coefficient (Wildman–Crippen LogP) is 2.60. The van der Waals surface area contributed by atoms with Crippen molar-refractivity contribution in [1.82, 2.24) is 25.3 Å². The smallest absolute Gasteiger partial charge is 0.228 e. The number of nitrogens with zero attached hydrogens (tertiary/aromatic N) is 4. The van der Waals surface area contributed by atoms with Crippen molar-refractivity contribution < 1.29 is 4.52 Å². The number of halogens is 1. The Morgan fingerprint density at radius 1 is 1.15 bits per heavy atom. The highest BCUT2D eigenvalue weighted by Crippen LogP contribution is 2.18. The number of rotatable bonds is 7. The molecule has 0 bridgehead atoms. The van der Waals surface area contributed by atoms with E-state index in [0.717, 1.165) is 24.6 Å². The van der Waals surface area contributed by atoms with Crippen molar-refractivity contribution in [3.05, 3.63) is 59.7 Å². The zero-order valence-corrected chi connectivity index (χ0v) is 15.3. The third-order valence-electron chi connectivity index (χ3n) is 3.75. The molecule has 26 heavy (non-hydrogen) atoms. The SMILES string of the molecule is CN=C(NCCc1nc(-c2ccc(Cl)cc2)no1)NCCn1cccc1. The topological polar surface area (TPSA) is 80.3 Å². The summed E-state index contributed by atoms with van der Waals surface area (Å²) >= 11 is 5.89. The highest BCUT2D eigenvalue weighted by molar-refractivity contribution is 6.30. The van der Waals surface area contributed by atoms with Crippen molar-refractivity contribution in [2.75, 3.05) is 20.1 Å². The standard InChI is InChI=1S/C18H21ClN6O/c1-20-18(22-10-13-25-11-2-3-12-25)21-9-8-16-23-17(24-26-16)14-4-6-15(19)7-5-14/h2-7,11-12H,8-10,13H2,1H3,(H2,20,21,22). The molecule has 0 aliphatic heterocycles. The molecule has 3 aromatic rings. The van der Waals surface area contributed by atoms with Crippen molar-refractivity contribution in [2.24, 2.45) is 4.99 Å². The van der Waals surface area contributed by atoms with Crippen LogP contribution in [0.2, 0.25) is 5.02 Å². The largest absolute Gasteiger partial charge is 0.356 e. The second-order valence-corrected chi connectivity index (χ2v) is 6.05. The molecule has 1 aromatic carbocycles. The van der Waals surface area contributed by atoms with Gasteiger partial charge in [-0.25, -0.2) is 0 Å². The molecule has 0 spiro atoms. The summed E-state index contributed by atoms with van der Waals surface area (Å²) < 4.78 is 7.41. The maximum atomic E-state index is 5.89. The van der Waals surface area contributed by atoms with Gasteiger partial charge in [-0.15, -0.1) is 0 Å². The molecule has 0 radical (unpaired) electrons. The minimum atomic E-state index is 0.561. The van der Waals surface area contributed by atoms with E-state index >= 15 is 0 Å². The van der Waals surface area contributed by atoms with Crippen molar-refractivity contribution in [2.45, 2.75) is 13.0 Å². The monoisotopic (exact) mass is 372 g/mol. The van der Waals surface area contributed by atoms with Crippen LogP contribution in [-0.2, 0) is 13.0 Å². The van der Waals surface area contributed by atoms with Crippen molar-refractivity contribution >= 4 is 17.6 Å². The van der Waals surface area contributed by atoms with E-state index < -0.39 is 0 Å². The first-order chi connectivity index (χ1) is 12.7. The van der Waals surface area contributed by atoms with Gasteiger partial charge in [-0.05, 0) is 36.4 Å². The van der Waals surface area contributed by atoms with Crippen LogP contribution in [-0.4, -0.2) is 40.8 Å². The lowest BCUT2D eigenvalue weighted by molar-refractivity contribution is 0.378. The van der Waals surface area contributed by atoms with Crippen LogP contribution in [0.4, 0.5) is 0 Å². The molecule has 2 aromatic heterocycles. The Hall–Kier alpha value is -2.80. The number of guanidine groups is 1. The number of hydrogen-bond acceptors (Lipinski definition) is 4. The first-order valence-corrected chi connectivity index (χ1v) is 8.76. The summed E-state index contributed by atoms with van der Waals surface area (Å²) in [6.45, 7) is 2.31. The first-order valence-electron chi connectivity index (χ1n) is 8.38. The van der Waals surface area contributed by atoms with Gasteiger partial charge >= 0.3 is 0 Å². The second kappa shape index (κ2) is 9.05. The molecule has 0 amide bonds. The Morgan fingerprint density at radius 3 is 2.62 bits per heavy atom. The molecule has 0 saturated carbocycles. The molecule has 8 heteroatoms. The van der Waals surface area contributed by atoms with Crippen molar-refractivity contribution in [3.63, 3.8) is 0 Å². The fourth-order valence-electron chi connectivity index (χ4n) is 2.40. The van der Waals surface area contributed by atoms with Gasteiger partial charge in [0.15, 0.2) is 5.96 Å². The minimum Gasteiger partial charge on any atom is -0.356 e. The number of nitrogens with one attached hydrogen (secondary N) is 2. The Bertz CT molecular complexity index is 826. The van der Waals surface area contributed by atoms with Crippen LogP contribution < -0.4 is 10.6 Å². The fourth-order valence-corrected chi connectivity index (χ4v) is 2.53. The van der Waals surface area contributed by atoms with Crippen LogP contribution in [0.1, 0.15) is 5.89 Å². The van der Waals surface area contributed by atoms with Gasteiger partial charge in [0, 0.05) is 56.1 Å². The maximum Gasteiger partial charge on any atom is 0.228 e. The van der Waals surface area contributed by atoms with Crippen LogP contribution >= 0.6 is 11.6 Å². The number of hydrogen-bond donors (Lipinski definition) is 2. The highest BCUT2D eigenvalue weighted by atomic mass is 35.5. The summed E-state index contributed by atoms with van der Waals surface area (Å²) in [6.07, 6.45) is 4.68. The third kappa shape index (κ3) is 5.10. The summed E-state index contributed by atoms with van der Waals surface area (Å²) in [5.41, 5.74) is 0.875. The predicted molar refractivity (Wildman–Crippen MR) is 102 cm³/mol. The summed E-state index contributed by atoms with van der Waals surface area (Å²) in [5.74, 6) is 1.88. The van der Waals surface area contributed by atoms with Crippen molar-refractivity contribution in [3.8, 4) is 11.4 Å². The van der Waals surface area contributed by atoms with Crippen LogP contribution in [0, 0.1) is 0 Å². The lowest BCUT2D eigenvalue weighted by Crippen LogP contribution is -2.39. The molecule has 7 nitrogen and oxygen atoms in total. The highest BCUT2D eigenvalue weighted by Gasteiger charge is 2.08. The Morgan fingerprint density at radius 2 is 1.88 bits per heavy atom. The average Bonchev–Trinajstić information content (AvgIpc) is 3.33. The van der Waals surface area contributed by atoms with E-state index in [2.05, 4.69) is 30.3 Å². The van der Waals surface area contributed by atoms with E-state index in [1.165, 1.54) is 0 Å². The molecule has 0 saturated heterocycles. The molecule has 0 unspecified atom stereocenters. The zero-order valence-electron chi connectivity index (χ0n) is 14.5. The van der Waals surface area contributed by atoms with Gasteiger partial charge in [0.2, 0.25) is 11.7 Å². The lowest BCUT2D eigenvalue weighted by Gasteiger charge is -2.11. The average molecular weight is 373 g/mol. The zero-order chi connectivity index (χ0) is 18.2.